The number of nitrogens with zero attached hydrogens (tertiary/aromatic N) is 2. The molecular formula is C18H24N2O2. The van der Waals surface area contributed by atoms with Crippen LogP contribution in [0, 0.1) is 5.92 Å². The molecule has 4 nitrogen and oxygen atoms in total. The fraction of sp³-hybridized carbons (Fsp3) is 0.500. The Kier molecular flexibility index (Phi) is 4.36. The van der Waals surface area contributed by atoms with Gasteiger partial charge in [0.15, 0.2) is 0 Å². The highest BCUT2D eigenvalue weighted by molar-refractivity contribution is 5.80. The number of anilines is 1. The van der Waals surface area contributed by atoms with Crippen molar-refractivity contribution in [3.05, 3.63) is 36.4 Å². The number of carbonyl (C=O) groups excluding carboxylic acids is 1. The van der Waals surface area contributed by atoms with E-state index in [1.807, 2.05) is 12.1 Å². The van der Waals surface area contributed by atoms with Crippen molar-refractivity contribution in [3.8, 4) is 5.75 Å². The molecule has 0 spiro atoms. The van der Waals surface area contributed by atoms with Gasteiger partial charge in [-0.2, -0.15) is 0 Å². The van der Waals surface area contributed by atoms with Crippen molar-refractivity contribution in [3.63, 3.8) is 0 Å². The molecule has 1 saturated heterocycles. The molecule has 22 heavy (non-hydrogen) atoms. The lowest BCUT2D eigenvalue weighted by molar-refractivity contribution is -0.137. The molecule has 0 saturated carbocycles. The maximum atomic E-state index is 12.6. The zero-order valence-electron chi connectivity index (χ0n) is 13.4. The number of rotatable bonds is 3. The zero-order chi connectivity index (χ0) is 15.5. The molecule has 0 radical (unpaired) electrons. The third kappa shape index (κ3) is 2.96. The summed E-state index contributed by atoms with van der Waals surface area (Å²) in [5.41, 5.74) is 1.20. The molecule has 3 rings (SSSR count). The van der Waals surface area contributed by atoms with Gasteiger partial charge in [-0.05, 0) is 44.0 Å². The summed E-state index contributed by atoms with van der Waals surface area (Å²) < 4.78 is 5.21. The number of allylic oxidation sites excluding steroid dienone is 2. The molecule has 1 atom stereocenters. The minimum atomic E-state index is 0.176. The van der Waals surface area contributed by atoms with Crippen LogP contribution < -0.4 is 9.64 Å². The van der Waals surface area contributed by atoms with E-state index in [1.54, 1.807) is 7.11 Å². The van der Waals surface area contributed by atoms with Crippen molar-refractivity contribution < 1.29 is 9.53 Å². The number of amides is 1. The highest BCUT2D eigenvalue weighted by atomic mass is 16.5. The minimum absolute atomic E-state index is 0.176. The summed E-state index contributed by atoms with van der Waals surface area (Å²) >= 11 is 0. The van der Waals surface area contributed by atoms with Gasteiger partial charge in [0, 0.05) is 37.3 Å². The van der Waals surface area contributed by atoms with Crippen molar-refractivity contribution in [2.45, 2.75) is 25.8 Å². The molecule has 1 amide bonds. The highest BCUT2D eigenvalue weighted by Gasteiger charge is 2.31. The van der Waals surface area contributed by atoms with Crippen LogP contribution in [0.4, 0.5) is 5.69 Å². The van der Waals surface area contributed by atoms with Gasteiger partial charge in [0.2, 0.25) is 5.91 Å². The van der Waals surface area contributed by atoms with Crippen molar-refractivity contribution in [1.82, 2.24) is 4.90 Å². The van der Waals surface area contributed by atoms with Crippen LogP contribution in [0.1, 0.15) is 19.8 Å². The number of methoxy groups -OCH3 is 1. The number of piperazine rings is 1. The lowest BCUT2D eigenvalue weighted by Gasteiger charge is -2.42. The standard InChI is InChI=1S/C18H24N2O2/c1-14-13-19(16-7-9-17(22-2)10-8-16)11-12-20(14)18(21)15-5-3-4-6-15/h3-4,7-10,14-15H,5-6,11-13H2,1-2H3. The van der Waals surface area contributed by atoms with E-state index in [2.05, 4.69) is 41.0 Å². The molecule has 1 aliphatic heterocycles. The Balaban J connectivity index is 1.62. The van der Waals surface area contributed by atoms with Crippen LogP contribution >= 0.6 is 0 Å². The lowest BCUT2D eigenvalue weighted by atomic mass is 10.0. The summed E-state index contributed by atoms with van der Waals surface area (Å²) in [5.74, 6) is 1.38. The number of benzene rings is 1. The molecule has 4 heteroatoms. The van der Waals surface area contributed by atoms with E-state index >= 15 is 0 Å². The van der Waals surface area contributed by atoms with Gasteiger partial charge in [-0.25, -0.2) is 0 Å². The lowest BCUT2D eigenvalue weighted by Crippen LogP contribution is -2.55. The zero-order valence-corrected chi connectivity index (χ0v) is 13.4. The number of carbonyl (C=O) groups is 1. The van der Waals surface area contributed by atoms with Crippen LogP contribution in [0.15, 0.2) is 36.4 Å². The Morgan fingerprint density at radius 1 is 1.14 bits per heavy atom. The van der Waals surface area contributed by atoms with Crippen LogP contribution in [0.3, 0.4) is 0 Å². The molecule has 2 aliphatic rings. The Morgan fingerprint density at radius 3 is 2.41 bits per heavy atom. The average molecular weight is 300 g/mol. The van der Waals surface area contributed by atoms with E-state index < -0.39 is 0 Å². The largest absolute Gasteiger partial charge is 0.497 e. The van der Waals surface area contributed by atoms with Crippen LogP contribution in [-0.4, -0.2) is 43.6 Å². The summed E-state index contributed by atoms with van der Waals surface area (Å²) in [6.45, 7) is 4.74. The van der Waals surface area contributed by atoms with Crippen LogP contribution in [0.25, 0.3) is 0 Å². The molecule has 0 bridgehead atoms. The second-order valence-electron chi connectivity index (χ2n) is 6.16. The fourth-order valence-electron chi connectivity index (χ4n) is 3.37. The van der Waals surface area contributed by atoms with E-state index in [-0.39, 0.29) is 12.0 Å². The Bertz CT molecular complexity index is 545. The van der Waals surface area contributed by atoms with Crippen LogP contribution in [0.2, 0.25) is 0 Å². The first-order chi connectivity index (χ1) is 10.7. The van der Waals surface area contributed by atoms with Crippen LogP contribution in [0.5, 0.6) is 5.75 Å². The SMILES string of the molecule is COc1ccc(N2CCN(C(=O)C3CC=CC3)C(C)C2)cc1. The number of hydrogen-bond donors (Lipinski definition) is 0. The maximum absolute atomic E-state index is 12.6. The predicted molar refractivity (Wildman–Crippen MR) is 88.2 cm³/mol. The van der Waals surface area contributed by atoms with E-state index in [4.69, 9.17) is 4.74 Å². The van der Waals surface area contributed by atoms with Gasteiger partial charge in [0.25, 0.3) is 0 Å². The van der Waals surface area contributed by atoms with Crippen molar-refractivity contribution >= 4 is 11.6 Å². The van der Waals surface area contributed by atoms with Gasteiger partial charge < -0.3 is 14.5 Å². The molecular weight excluding hydrogens is 276 g/mol. The first kappa shape index (κ1) is 14.9. The molecule has 1 aromatic carbocycles. The van der Waals surface area contributed by atoms with E-state index in [0.29, 0.717) is 5.91 Å². The second-order valence-corrected chi connectivity index (χ2v) is 6.16. The van der Waals surface area contributed by atoms with Gasteiger partial charge >= 0.3 is 0 Å². The van der Waals surface area contributed by atoms with Gasteiger partial charge in [0.1, 0.15) is 5.75 Å². The summed E-state index contributed by atoms with van der Waals surface area (Å²) in [6, 6.07) is 8.40. The summed E-state index contributed by atoms with van der Waals surface area (Å²) in [7, 11) is 1.68. The first-order valence-electron chi connectivity index (χ1n) is 8.03. The summed E-state index contributed by atoms with van der Waals surface area (Å²) in [5, 5.41) is 0. The first-order valence-corrected chi connectivity index (χ1v) is 8.03. The van der Waals surface area contributed by atoms with Gasteiger partial charge in [-0.15, -0.1) is 0 Å². The smallest absolute Gasteiger partial charge is 0.226 e. The molecule has 1 fully saturated rings. The van der Waals surface area contributed by atoms with Crippen molar-refractivity contribution in [2.24, 2.45) is 5.92 Å². The Morgan fingerprint density at radius 2 is 1.82 bits per heavy atom. The van der Waals surface area contributed by atoms with Crippen LogP contribution in [-0.2, 0) is 4.79 Å². The Hall–Kier alpha value is -1.97. The number of hydrogen-bond acceptors (Lipinski definition) is 3. The second kappa shape index (κ2) is 6.42. The molecule has 0 aromatic heterocycles. The molecule has 1 aromatic rings. The topological polar surface area (TPSA) is 32.8 Å². The van der Waals surface area contributed by atoms with Crippen molar-refractivity contribution in [1.29, 1.82) is 0 Å². The van der Waals surface area contributed by atoms with Crippen molar-refractivity contribution in [2.75, 3.05) is 31.6 Å². The summed E-state index contributed by atoms with van der Waals surface area (Å²) in [4.78, 5) is 17.0. The molecule has 0 N–H and O–H groups in total. The van der Waals surface area contributed by atoms with Gasteiger partial charge in [-0.1, -0.05) is 12.2 Å². The fourth-order valence-corrected chi connectivity index (χ4v) is 3.37. The van der Waals surface area contributed by atoms with Gasteiger partial charge in [-0.3, -0.25) is 4.79 Å². The maximum Gasteiger partial charge on any atom is 0.226 e. The van der Waals surface area contributed by atoms with E-state index in [0.717, 1.165) is 38.2 Å². The highest BCUT2D eigenvalue weighted by Crippen LogP contribution is 2.25. The molecule has 1 heterocycles. The predicted octanol–water partition coefficient (Wildman–Crippen LogP) is 2.70. The molecule has 1 unspecified atom stereocenters. The quantitative estimate of drug-likeness (QED) is 0.805. The van der Waals surface area contributed by atoms with E-state index in [1.165, 1.54) is 5.69 Å². The molecule has 1 aliphatic carbocycles. The van der Waals surface area contributed by atoms with E-state index in [9.17, 15) is 4.79 Å². The normalized spacial score (nSPS) is 22.2. The number of ether oxygens (including phenoxy) is 1. The Labute approximate surface area is 132 Å². The van der Waals surface area contributed by atoms with Gasteiger partial charge in [0.05, 0.1) is 7.11 Å². The average Bonchev–Trinajstić information content (AvgIpc) is 3.09. The third-order valence-corrected chi connectivity index (χ3v) is 4.71. The monoisotopic (exact) mass is 300 g/mol. The minimum Gasteiger partial charge on any atom is -0.497 e. The summed E-state index contributed by atoms with van der Waals surface area (Å²) in [6.07, 6.45) is 6.07. The molecule has 118 valence electrons. The third-order valence-electron chi connectivity index (χ3n) is 4.71.